The maximum Gasteiger partial charge on any atom is 0.0931 e. The topological polar surface area (TPSA) is 52.2 Å². The lowest BCUT2D eigenvalue weighted by molar-refractivity contribution is 0.130. The van der Waals surface area contributed by atoms with E-state index >= 15 is 0 Å². The SMILES string of the molecule is CCC(CO)C(c1ccc2nc[nH]c2c1)N(C)C. The van der Waals surface area contributed by atoms with Crippen LogP contribution in [0.1, 0.15) is 24.9 Å². The second-order valence-corrected chi connectivity index (χ2v) is 4.94. The summed E-state index contributed by atoms with van der Waals surface area (Å²) in [6.07, 6.45) is 2.67. The predicted octanol–water partition coefficient (Wildman–Crippen LogP) is 2.18. The van der Waals surface area contributed by atoms with Crippen molar-refractivity contribution in [2.45, 2.75) is 19.4 Å². The van der Waals surface area contributed by atoms with Gasteiger partial charge in [0.25, 0.3) is 0 Å². The van der Waals surface area contributed by atoms with Crippen molar-refractivity contribution in [1.82, 2.24) is 14.9 Å². The maximum absolute atomic E-state index is 9.53. The average molecular weight is 247 g/mol. The highest BCUT2D eigenvalue weighted by molar-refractivity contribution is 5.75. The summed E-state index contributed by atoms with van der Waals surface area (Å²) in [5, 5.41) is 9.53. The van der Waals surface area contributed by atoms with Crippen LogP contribution in [0.25, 0.3) is 11.0 Å². The molecule has 2 unspecified atom stereocenters. The molecule has 4 heteroatoms. The molecule has 0 aliphatic rings. The molecule has 98 valence electrons. The van der Waals surface area contributed by atoms with Crippen LogP contribution in [0.5, 0.6) is 0 Å². The first-order valence-corrected chi connectivity index (χ1v) is 6.37. The Hall–Kier alpha value is -1.39. The van der Waals surface area contributed by atoms with Crippen molar-refractivity contribution in [3.8, 4) is 0 Å². The number of hydrogen-bond donors (Lipinski definition) is 2. The van der Waals surface area contributed by atoms with Gasteiger partial charge in [0.2, 0.25) is 0 Å². The number of fused-ring (bicyclic) bond motifs is 1. The molecule has 1 aromatic carbocycles. The molecule has 0 amide bonds. The molecule has 0 bridgehead atoms. The lowest BCUT2D eigenvalue weighted by Gasteiger charge is -2.31. The molecule has 4 nitrogen and oxygen atoms in total. The number of nitrogens with one attached hydrogen (secondary N) is 1. The molecule has 0 aliphatic carbocycles. The van der Waals surface area contributed by atoms with Crippen molar-refractivity contribution in [3.05, 3.63) is 30.1 Å². The Morgan fingerprint density at radius 2 is 2.17 bits per heavy atom. The molecule has 2 atom stereocenters. The zero-order chi connectivity index (χ0) is 13.1. The van der Waals surface area contributed by atoms with E-state index in [0.717, 1.165) is 17.5 Å². The van der Waals surface area contributed by atoms with Gasteiger partial charge in [0, 0.05) is 18.6 Å². The molecule has 0 radical (unpaired) electrons. The minimum Gasteiger partial charge on any atom is -0.396 e. The number of H-pyrrole nitrogens is 1. The van der Waals surface area contributed by atoms with Gasteiger partial charge in [-0.3, -0.25) is 0 Å². The largest absolute Gasteiger partial charge is 0.396 e. The third-order valence-electron chi connectivity index (χ3n) is 3.55. The number of hydrogen-bond acceptors (Lipinski definition) is 3. The molecule has 0 saturated heterocycles. The number of rotatable bonds is 5. The van der Waals surface area contributed by atoms with Crippen molar-refractivity contribution in [3.63, 3.8) is 0 Å². The first-order valence-electron chi connectivity index (χ1n) is 6.37. The van der Waals surface area contributed by atoms with Gasteiger partial charge < -0.3 is 15.0 Å². The van der Waals surface area contributed by atoms with Crippen molar-refractivity contribution < 1.29 is 5.11 Å². The summed E-state index contributed by atoms with van der Waals surface area (Å²) < 4.78 is 0. The first-order chi connectivity index (χ1) is 8.67. The average Bonchev–Trinajstić information content (AvgIpc) is 2.82. The Bertz CT molecular complexity index is 502. The number of imidazole rings is 1. The lowest BCUT2D eigenvalue weighted by atomic mass is 9.90. The summed E-state index contributed by atoms with van der Waals surface area (Å²) in [6.45, 7) is 2.33. The number of aliphatic hydroxyl groups is 1. The maximum atomic E-state index is 9.53. The summed E-state index contributed by atoms with van der Waals surface area (Å²) >= 11 is 0. The molecule has 1 aromatic heterocycles. The predicted molar refractivity (Wildman–Crippen MR) is 73.4 cm³/mol. The summed E-state index contributed by atoms with van der Waals surface area (Å²) in [5.41, 5.74) is 3.25. The van der Waals surface area contributed by atoms with E-state index < -0.39 is 0 Å². The number of nitrogens with zero attached hydrogens (tertiary/aromatic N) is 2. The van der Waals surface area contributed by atoms with E-state index in [1.807, 2.05) is 6.07 Å². The van der Waals surface area contributed by atoms with Gasteiger partial charge >= 0.3 is 0 Å². The van der Waals surface area contributed by atoms with E-state index in [1.54, 1.807) is 6.33 Å². The van der Waals surface area contributed by atoms with Crippen LogP contribution in [-0.2, 0) is 0 Å². The van der Waals surface area contributed by atoms with Crippen LogP contribution in [0, 0.1) is 5.92 Å². The van der Waals surface area contributed by atoms with Gasteiger partial charge in [-0.2, -0.15) is 0 Å². The highest BCUT2D eigenvalue weighted by Crippen LogP contribution is 2.30. The Balaban J connectivity index is 2.40. The van der Waals surface area contributed by atoms with Gasteiger partial charge in [-0.25, -0.2) is 4.98 Å². The monoisotopic (exact) mass is 247 g/mol. The number of aliphatic hydroxyl groups excluding tert-OH is 1. The van der Waals surface area contributed by atoms with Gasteiger partial charge in [0.15, 0.2) is 0 Å². The first kappa shape index (κ1) is 13.1. The van der Waals surface area contributed by atoms with Crippen molar-refractivity contribution in [2.75, 3.05) is 20.7 Å². The van der Waals surface area contributed by atoms with Gasteiger partial charge in [-0.15, -0.1) is 0 Å². The fraction of sp³-hybridized carbons (Fsp3) is 0.500. The quantitative estimate of drug-likeness (QED) is 0.851. The summed E-state index contributed by atoms with van der Waals surface area (Å²) in [7, 11) is 4.11. The Kier molecular flexibility index (Phi) is 3.99. The zero-order valence-electron chi connectivity index (χ0n) is 11.2. The van der Waals surface area contributed by atoms with Crippen molar-refractivity contribution in [1.29, 1.82) is 0 Å². The van der Waals surface area contributed by atoms with Crippen LogP contribution in [0.15, 0.2) is 24.5 Å². The lowest BCUT2D eigenvalue weighted by Crippen LogP contribution is -2.29. The molecule has 18 heavy (non-hydrogen) atoms. The van der Waals surface area contributed by atoms with E-state index in [1.165, 1.54) is 5.56 Å². The molecule has 2 N–H and O–H groups in total. The summed E-state index contributed by atoms with van der Waals surface area (Å²) in [4.78, 5) is 9.54. The molecule has 0 aliphatic heterocycles. The van der Waals surface area contributed by atoms with E-state index in [2.05, 4.69) is 48.0 Å². The van der Waals surface area contributed by atoms with Crippen LogP contribution in [0.2, 0.25) is 0 Å². The number of benzene rings is 1. The molecule has 0 fully saturated rings. The Morgan fingerprint density at radius 3 is 2.78 bits per heavy atom. The highest BCUT2D eigenvalue weighted by Gasteiger charge is 2.23. The second-order valence-electron chi connectivity index (χ2n) is 4.94. The van der Waals surface area contributed by atoms with Gasteiger partial charge in [-0.1, -0.05) is 13.0 Å². The highest BCUT2D eigenvalue weighted by atomic mass is 16.3. The number of aromatic amines is 1. The standard InChI is InChI=1S/C14H21N3O/c1-4-10(8-18)14(17(2)3)11-5-6-12-13(7-11)16-9-15-12/h5-7,9-10,14,18H,4,8H2,1-3H3,(H,15,16). The van der Waals surface area contributed by atoms with Gasteiger partial charge in [0.1, 0.15) is 0 Å². The van der Waals surface area contributed by atoms with E-state index in [4.69, 9.17) is 0 Å². The molecular formula is C14H21N3O. The fourth-order valence-corrected chi connectivity index (χ4v) is 2.58. The van der Waals surface area contributed by atoms with E-state index in [9.17, 15) is 5.11 Å². The van der Waals surface area contributed by atoms with Gasteiger partial charge in [-0.05, 0) is 38.2 Å². The molecule has 1 heterocycles. The zero-order valence-corrected chi connectivity index (χ0v) is 11.2. The van der Waals surface area contributed by atoms with Crippen LogP contribution in [0.4, 0.5) is 0 Å². The van der Waals surface area contributed by atoms with Gasteiger partial charge in [0.05, 0.1) is 17.4 Å². The van der Waals surface area contributed by atoms with Crippen LogP contribution in [-0.4, -0.2) is 40.7 Å². The van der Waals surface area contributed by atoms with E-state index in [-0.39, 0.29) is 18.6 Å². The molecular weight excluding hydrogens is 226 g/mol. The van der Waals surface area contributed by atoms with Crippen molar-refractivity contribution in [2.24, 2.45) is 5.92 Å². The van der Waals surface area contributed by atoms with Crippen LogP contribution in [0.3, 0.4) is 0 Å². The number of aromatic nitrogens is 2. The minimum atomic E-state index is 0.209. The third-order valence-corrected chi connectivity index (χ3v) is 3.55. The summed E-state index contributed by atoms with van der Waals surface area (Å²) in [5.74, 6) is 0.250. The molecule has 2 aromatic rings. The normalized spacial score (nSPS) is 15.2. The summed E-state index contributed by atoms with van der Waals surface area (Å²) in [6, 6.07) is 6.49. The Morgan fingerprint density at radius 1 is 1.39 bits per heavy atom. The van der Waals surface area contributed by atoms with Crippen LogP contribution >= 0.6 is 0 Å². The fourth-order valence-electron chi connectivity index (χ4n) is 2.58. The van der Waals surface area contributed by atoms with Crippen molar-refractivity contribution >= 4 is 11.0 Å². The molecule has 0 spiro atoms. The Labute approximate surface area is 108 Å². The minimum absolute atomic E-state index is 0.209. The molecule has 0 saturated carbocycles. The third kappa shape index (κ3) is 2.40. The van der Waals surface area contributed by atoms with Crippen LogP contribution < -0.4 is 0 Å². The second kappa shape index (κ2) is 5.50. The smallest absolute Gasteiger partial charge is 0.0931 e. The van der Waals surface area contributed by atoms with E-state index in [0.29, 0.717) is 0 Å². The molecule has 2 rings (SSSR count).